The summed E-state index contributed by atoms with van der Waals surface area (Å²) in [6, 6.07) is 10.6. The quantitative estimate of drug-likeness (QED) is 0.235. The lowest BCUT2D eigenvalue weighted by molar-refractivity contribution is -0.278. The first-order chi connectivity index (χ1) is 27.3. The molecule has 12 heteroatoms. The third-order valence-corrected chi connectivity index (χ3v) is 11.5. The molecule has 5 atom stereocenters. The first-order valence-electron chi connectivity index (χ1n) is 19.0. The van der Waals surface area contributed by atoms with Crippen LogP contribution in [-0.2, 0) is 27.2 Å². The summed E-state index contributed by atoms with van der Waals surface area (Å²) in [7, 11) is 1.50. The smallest absolute Gasteiger partial charge is 0.254 e. The second-order valence-electron chi connectivity index (χ2n) is 14.9. The van der Waals surface area contributed by atoms with Gasteiger partial charge in [0.2, 0.25) is 6.29 Å². The highest BCUT2D eigenvalue weighted by atomic mass is 16.7. The number of ketones is 1. The molecule has 4 heterocycles. The minimum atomic E-state index is -1.56. The molecule has 3 aromatic carbocycles. The average molecular weight is 758 g/mol. The Kier molecular flexibility index (Phi) is 9.55. The molecule has 1 amide bonds. The van der Waals surface area contributed by atoms with Crippen molar-refractivity contribution < 1.29 is 48.6 Å². The van der Waals surface area contributed by atoms with Crippen molar-refractivity contribution in [3.8, 4) is 29.3 Å². The van der Waals surface area contributed by atoms with Crippen LogP contribution < -0.4 is 9.47 Å². The minimum absolute atomic E-state index is 0.0279. The van der Waals surface area contributed by atoms with Gasteiger partial charge in [-0.3, -0.25) is 9.59 Å². The SMILES string of the molecule is COc1cc2c3c(O)c(c(C4CCCC4)cc3c1)C(=O)CN1Cc3c(cccc3C1=O)CC#COC1C(O)C(COCC3=C4[CH+]C=CC=C4N=C3)OC(O2)C1O. The number of aliphatic imine (C=N–C) groups is 1. The number of methoxy groups -OCH3 is 1. The lowest BCUT2D eigenvalue weighted by Gasteiger charge is -2.41. The number of hydrogen-bond donors (Lipinski definition) is 3. The fourth-order valence-electron chi connectivity index (χ4n) is 8.66. The van der Waals surface area contributed by atoms with E-state index in [1.807, 2.05) is 36.8 Å². The largest absolute Gasteiger partial charge is 0.506 e. The number of allylic oxidation sites excluding steroid dienone is 4. The zero-order valence-corrected chi connectivity index (χ0v) is 30.8. The highest BCUT2D eigenvalue weighted by Crippen LogP contribution is 2.47. The zero-order valence-electron chi connectivity index (χ0n) is 30.8. The fourth-order valence-corrected chi connectivity index (χ4v) is 8.66. The molecule has 6 aliphatic rings. The van der Waals surface area contributed by atoms with Crippen molar-refractivity contribution in [1.82, 2.24) is 4.90 Å². The number of aromatic hydroxyl groups is 1. The number of Topliss-reactive ketones (excluding diaryl/α,β-unsaturated/α-hetero) is 1. The lowest BCUT2D eigenvalue weighted by Crippen LogP contribution is -2.60. The van der Waals surface area contributed by atoms with Gasteiger partial charge in [-0.1, -0.05) is 30.9 Å². The Balaban J connectivity index is 1.12. The van der Waals surface area contributed by atoms with Gasteiger partial charge in [-0.25, -0.2) is 0 Å². The van der Waals surface area contributed by atoms with Crippen molar-refractivity contribution in [2.75, 3.05) is 26.9 Å². The second kappa shape index (κ2) is 14.8. The van der Waals surface area contributed by atoms with Crippen molar-refractivity contribution in [2.24, 2.45) is 4.99 Å². The molecule has 286 valence electrons. The third kappa shape index (κ3) is 6.40. The van der Waals surface area contributed by atoms with Gasteiger partial charge in [0, 0.05) is 49.2 Å². The van der Waals surface area contributed by atoms with Crippen LogP contribution in [0, 0.1) is 18.4 Å². The van der Waals surface area contributed by atoms with E-state index in [1.54, 1.807) is 30.5 Å². The van der Waals surface area contributed by atoms with Crippen LogP contribution in [-0.4, -0.2) is 95.7 Å². The van der Waals surface area contributed by atoms with Crippen LogP contribution in [0.1, 0.15) is 69.0 Å². The van der Waals surface area contributed by atoms with Crippen molar-refractivity contribution in [1.29, 1.82) is 0 Å². The maximum Gasteiger partial charge on any atom is 0.254 e. The van der Waals surface area contributed by atoms with Crippen molar-refractivity contribution in [3.63, 3.8) is 0 Å². The number of benzene rings is 3. The molecule has 2 aliphatic carbocycles. The average Bonchev–Trinajstić information content (AvgIpc) is 3.96. The van der Waals surface area contributed by atoms with Crippen LogP contribution in [0.2, 0.25) is 0 Å². The number of fused-ring (bicyclic) bond motifs is 5. The van der Waals surface area contributed by atoms with E-state index < -0.39 is 36.5 Å². The van der Waals surface area contributed by atoms with Crippen LogP contribution in [0.5, 0.6) is 17.2 Å². The number of aliphatic hydroxyl groups is 2. The van der Waals surface area contributed by atoms with Gasteiger partial charge in [0.15, 0.2) is 23.7 Å². The van der Waals surface area contributed by atoms with E-state index in [4.69, 9.17) is 23.7 Å². The molecule has 2 fully saturated rings. The summed E-state index contributed by atoms with van der Waals surface area (Å²) in [6.45, 7) is 0.0425. The molecule has 3 N–H and O–H groups in total. The number of carbonyl (C=O) groups is 2. The van der Waals surface area contributed by atoms with Gasteiger partial charge in [0.1, 0.15) is 47.7 Å². The predicted octanol–water partition coefficient (Wildman–Crippen LogP) is 4.83. The predicted molar refractivity (Wildman–Crippen MR) is 204 cm³/mol. The summed E-state index contributed by atoms with van der Waals surface area (Å²) in [6.07, 6.45) is 9.27. The lowest BCUT2D eigenvalue weighted by atomic mass is 9.87. The highest BCUT2D eigenvalue weighted by molar-refractivity contribution is 6.11. The summed E-state index contributed by atoms with van der Waals surface area (Å²) < 4.78 is 30.3. The molecule has 0 aromatic heterocycles. The van der Waals surface area contributed by atoms with Gasteiger partial charge in [-0.05, 0) is 59.0 Å². The van der Waals surface area contributed by atoms with Gasteiger partial charge in [-0.15, -0.1) is 0 Å². The maximum absolute atomic E-state index is 14.4. The number of phenols is 1. The molecular weight excluding hydrogens is 716 g/mol. The van der Waals surface area contributed by atoms with Gasteiger partial charge < -0.3 is 43.9 Å². The number of phenolic OH excluding ortho intramolecular Hbond substituents is 1. The number of nitrogens with zero attached hydrogens (tertiary/aromatic N) is 2. The Bertz CT molecular complexity index is 2310. The standard InChI is InChI=1S/C44H40N2O10/c1-52-28-16-26-17-31(24-8-2-3-9-24)38-34(47)21-46-20-32-25(10-6-13-30(32)43(46)51)11-7-15-54-42-39(48)36(23-53-22-27-19-45-33-14-5-4-12-29(27)33)56-44(41(42)50)55-35(18-28)37(26)40(38)49/h4-6,10,12-14,16-19,24,36,39,41-42,44,48,50H,2-3,8-9,11,20-23H2,1H3/p+1. The Morgan fingerprint density at radius 3 is 2.79 bits per heavy atom. The molecule has 5 unspecified atom stereocenters. The fraction of sp³-hybridized carbons (Fsp3) is 0.364. The van der Waals surface area contributed by atoms with E-state index >= 15 is 0 Å². The monoisotopic (exact) mass is 757 g/mol. The Labute approximate surface area is 323 Å². The van der Waals surface area contributed by atoms with E-state index in [0.29, 0.717) is 22.3 Å². The van der Waals surface area contributed by atoms with E-state index in [2.05, 4.69) is 17.0 Å². The van der Waals surface area contributed by atoms with E-state index in [0.717, 1.165) is 53.7 Å². The number of hydrogen-bond acceptors (Lipinski definition) is 11. The topological polar surface area (TPSA) is 157 Å². The molecule has 12 nitrogen and oxygen atoms in total. The molecule has 0 radical (unpaired) electrons. The second-order valence-corrected chi connectivity index (χ2v) is 14.9. The third-order valence-electron chi connectivity index (χ3n) is 11.5. The summed E-state index contributed by atoms with van der Waals surface area (Å²) >= 11 is 0. The molecule has 3 aromatic rings. The summed E-state index contributed by atoms with van der Waals surface area (Å²) in [5, 5.41) is 36.2. The minimum Gasteiger partial charge on any atom is -0.506 e. The summed E-state index contributed by atoms with van der Waals surface area (Å²) in [4.78, 5) is 34.1. The van der Waals surface area contributed by atoms with Gasteiger partial charge in [-0.2, -0.15) is 4.99 Å². The number of amides is 1. The van der Waals surface area contributed by atoms with Crippen LogP contribution >= 0.6 is 0 Å². The normalized spacial score (nSPS) is 25.6. The summed E-state index contributed by atoms with van der Waals surface area (Å²) in [5.74, 6) is 2.51. The van der Waals surface area contributed by atoms with Gasteiger partial charge in [0.05, 0.1) is 43.0 Å². The number of rotatable bonds is 6. The molecular formula is C44H41N2O10+. The van der Waals surface area contributed by atoms with Crippen molar-refractivity contribution >= 4 is 28.7 Å². The van der Waals surface area contributed by atoms with Crippen LogP contribution in [0.15, 0.2) is 76.5 Å². The van der Waals surface area contributed by atoms with Crippen LogP contribution in [0.3, 0.4) is 0 Å². The van der Waals surface area contributed by atoms with E-state index in [1.165, 1.54) is 12.0 Å². The molecule has 9 rings (SSSR count). The Morgan fingerprint density at radius 2 is 1.95 bits per heavy atom. The molecule has 56 heavy (non-hydrogen) atoms. The molecule has 4 aliphatic heterocycles. The van der Waals surface area contributed by atoms with Crippen LogP contribution in [0.25, 0.3) is 10.8 Å². The van der Waals surface area contributed by atoms with E-state index in [9.17, 15) is 24.9 Å². The molecule has 1 saturated carbocycles. The Morgan fingerprint density at radius 1 is 1.09 bits per heavy atom. The zero-order chi connectivity index (χ0) is 38.5. The molecule has 6 bridgehead atoms. The maximum atomic E-state index is 14.4. The number of carbonyl (C=O) groups excluding carboxylic acids is 2. The molecule has 1 saturated heterocycles. The first-order valence-corrected chi connectivity index (χ1v) is 19.0. The van der Waals surface area contributed by atoms with E-state index in [-0.39, 0.29) is 67.0 Å². The number of ether oxygens (including phenoxy) is 5. The first kappa shape index (κ1) is 36.1. The Hall–Kier alpha value is -5.58. The van der Waals surface area contributed by atoms with Crippen LogP contribution in [0.4, 0.5) is 0 Å². The van der Waals surface area contributed by atoms with Crippen molar-refractivity contribution in [3.05, 3.63) is 106 Å². The summed E-state index contributed by atoms with van der Waals surface area (Å²) in [5.41, 5.74) is 5.54. The molecule has 0 spiro atoms. The van der Waals surface area contributed by atoms with Gasteiger partial charge >= 0.3 is 0 Å². The number of aliphatic hydroxyl groups excluding tert-OH is 2. The van der Waals surface area contributed by atoms with Gasteiger partial charge in [0.25, 0.3) is 5.91 Å². The van der Waals surface area contributed by atoms with Crippen molar-refractivity contribution in [2.45, 2.75) is 75.3 Å². The highest BCUT2D eigenvalue weighted by Gasteiger charge is 2.48.